The molecule has 0 radical (unpaired) electrons. The van der Waals surface area contributed by atoms with Crippen LogP contribution in [0.3, 0.4) is 0 Å². The minimum absolute atomic E-state index is 0.155. The zero-order valence-electron chi connectivity index (χ0n) is 37.5. The number of nitrogens with zero attached hydrogens (tertiary/aromatic N) is 8. The third-order valence-corrected chi connectivity index (χ3v) is 12.6. The van der Waals surface area contributed by atoms with Gasteiger partial charge in [0, 0.05) is 94.9 Å². The number of aryl methyl sites for hydroxylation is 1. The number of ether oxygens (including phenoxy) is 1. The molecule has 3 amide bonds. The number of pyridine rings is 1. The summed E-state index contributed by atoms with van der Waals surface area (Å²) in [5, 5.41) is 38.5. The maximum atomic E-state index is 14.8. The largest absolute Gasteiger partial charge is 0.388 e. The van der Waals surface area contributed by atoms with Crippen molar-refractivity contribution in [2.75, 3.05) is 63.7 Å². The number of fused-ring (bicyclic) bond motifs is 2. The number of carbonyl (C=O) groups is 3. The second-order valence-electron chi connectivity index (χ2n) is 17.7. The van der Waals surface area contributed by atoms with Gasteiger partial charge < -0.3 is 25.4 Å². The first kappa shape index (κ1) is 46.2. The number of anilines is 2. The maximum Gasteiger partial charge on any atom is 0.274 e. The number of carbonyl (C=O) groups excluding carboxylic acids is 3. The summed E-state index contributed by atoms with van der Waals surface area (Å²) >= 11 is 0. The fraction of sp³-hybridized carbons (Fsp3) is 0.511. The van der Waals surface area contributed by atoms with Gasteiger partial charge in [-0.05, 0) is 83.2 Å². The van der Waals surface area contributed by atoms with Crippen LogP contribution in [0.2, 0.25) is 0 Å². The van der Waals surface area contributed by atoms with Crippen molar-refractivity contribution in [3.8, 4) is 6.07 Å². The van der Waals surface area contributed by atoms with Crippen molar-refractivity contribution in [1.29, 1.82) is 5.26 Å². The van der Waals surface area contributed by atoms with Gasteiger partial charge in [-0.25, -0.2) is 8.91 Å². The molecule has 9 rings (SSSR count). The smallest absolute Gasteiger partial charge is 0.274 e. The second kappa shape index (κ2) is 20.4. The third-order valence-electron chi connectivity index (χ3n) is 12.6. The lowest BCUT2D eigenvalue weighted by molar-refractivity contribution is -0.134. The Balaban J connectivity index is 0.000000183. The van der Waals surface area contributed by atoms with Gasteiger partial charge in [-0.2, -0.15) is 15.5 Å². The topological polar surface area (TPSA) is 195 Å². The van der Waals surface area contributed by atoms with Gasteiger partial charge in [-0.1, -0.05) is 19.3 Å². The van der Waals surface area contributed by atoms with E-state index in [2.05, 4.69) is 46.6 Å². The van der Waals surface area contributed by atoms with Crippen LogP contribution in [0.25, 0.3) is 16.4 Å². The molecule has 17 heteroatoms. The van der Waals surface area contributed by atoms with Crippen molar-refractivity contribution >= 4 is 45.5 Å². The number of piperidine rings is 2. The fourth-order valence-corrected chi connectivity index (χ4v) is 9.28. The Morgan fingerprint density at radius 3 is 2.38 bits per heavy atom. The van der Waals surface area contributed by atoms with Gasteiger partial charge in [0.25, 0.3) is 5.91 Å². The van der Waals surface area contributed by atoms with Crippen molar-refractivity contribution in [1.82, 2.24) is 39.9 Å². The lowest BCUT2D eigenvalue weighted by Crippen LogP contribution is -2.52. The monoisotopic (exact) mass is 877 g/mol. The number of rotatable bonds is 7. The molecule has 3 saturated heterocycles. The minimum Gasteiger partial charge on any atom is -0.388 e. The number of hydrogen-bond donors (Lipinski definition) is 4. The van der Waals surface area contributed by atoms with Crippen LogP contribution in [0.5, 0.6) is 0 Å². The van der Waals surface area contributed by atoms with E-state index in [-0.39, 0.29) is 23.9 Å². The van der Waals surface area contributed by atoms with E-state index < -0.39 is 23.2 Å². The van der Waals surface area contributed by atoms with Crippen molar-refractivity contribution in [2.45, 2.75) is 102 Å². The predicted octanol–water partition coefficient (Wildman–Crippen LogP) is 5.73. The molecule has 340 valence electrons. The van der Waals surface area contributed by atoms with Gasteiger partial charge in [-0.15, -0.1) is 0 Å². The average Bonchev–Trinajstić information content (AvgIpc) is 3.92. The summed E-state index contributed by atoms with van der Waals surface area (Å²) in [6, 6.07) is 13.4. The van der Waals surface area contributed by atoms with Gasteiger partial charge in [-0.3, -0.25) is 34.3 Å². The number of imide groups is 1. The van der Waals surface area contributed by atoms with Crippen LogP contribution in [0.15, 0.2) is 48.8 Å². The van der Waals surface area contributed by atoms with Crippen LogP contribution < -0.4 is 20.9 Å². The van der Waals surface area contributed by atoms with Crippen LogP contribution in [-0.2, 0) is 19.9 Å². The highest BCUT2D eigenvalue weighted by Crippen LogP contribution is 2.35. The van der Waals surface area contributed by atoms with E-state index in [9.17, 15) is 23.9 Å². The summed E-state index contributed by atoms with van der Waals surface area (Å²) in [4.78, 5) is 45.8. The van der Waals surface area contributed by atoms with Gasteiger partial charge >= 0.3 is 0 Å². The quantitative estimate of drug-likeness (QED) is 0.145. The van der Waals surface area contributed by atoms with E-state index in [1.807, 2.05) is 29.9 Å². The number of benzene rings is 1. The van der Waals surface area contributed by atoms with Crippen molar-refractivity contribution in [3.63, 3.8) is 0 Å². The molecule has 5 aromatic rings. The predicted molar refractivity (Wildman–Crippen MR) is 242 cm³/mol. The lowest BCUT2D eigenvalue weighted by atomic mass is 9.93. The Morgan fingerprint density at radius 2 is 1.70 bits per heavy atom. The number of piperazine rings is 1. The summed E-state index contributed by atoms with van der Waals surface area (Å²) in [6.07, 6.45) is 12.1. The number of nitrogens with one attached hydrogen (secondary N) is 3. The SMILES string of the molecule is CC(C)(O)c1cc2nn(C3CCCCC3)cc2cc1NC(=O)c1ccc2cc(C#N)cnn12.COC.Cc1nc(C2CCC(=O)NC2=O)c(F)cc1N1CCC(N2CCNCC2)CC1. The zero-order valence-corrected chi connectivity index (χ0v) is 37.5. The molecule has 1 saturated carbocycles. The van der Waals surface area contributed by atoms with Crippen molar-refractivity contribution < 1.29 is 28.6 Å². The molecule has 0 spiro atoms. The minimum atomic E-state index is -1.17. The highest BCUT2D eigenvalue weighted by molar-refractivity contribution is 6.05. The molecular formula is C47H60FN11O5. The number of nitriles is 1. The van der Waals surface area contributed by atoms with E-state index in [1.54, 1.807) is 46.3 Å². The molecule has 4 fully saturated rings. The number of amides is 3. The molecule has 64 heavy (non-hydrogen) atoms. The maximum absolute atomic E-state index is 14.8. The molecule has 3 aliphatic heterocycles. The molecule has 16 nitrogen and oxygen atoms in total. The summed E-state index contributed by atoms with van der Waals surface area (Å²) < 4.78 is 22.6. The first-order valence-electron chi connectivity index (χ1n) is 22.3. The highest BCUT2D eigenvalue weighted by Gasteiger charge is 2.33. The summed E-state index contributed by atoms with van der Waals surface area (Å²) in [6.45, 7) is 11.3. The third kappa shape index (κ3) is 10.6. The number of aliphatic hydroxyl groups is 1. The lowest BCUT2D eigenvalue weighted by Gasteiger charge is -2.41. The molecule has 4 N–H and O–H groups in total. The normalized spacial score (nSPS) is 19.0. The molecule has 1 aromatic carbocycles. The van der Waals surface area contributed by atoms with E-state index in [1.165, 1.54) is 36.0 Å². The fourth-order valence-electron chi connectivity index (χ4n) is 9.28. The zero-order chi connectivity index (χ0) is 45.5. The van der Waals surface area contributed by atoms with Crippen LogP contribution in [0, 0.1) is 24.1 Å². The first-order valence-corrected chi connectivity index (χ1v) is 22.3. The molecule has 4 aromatic heterocycles. The summed E-state index contributed by atoms with van der Waals surface area (Å²) in [5.41, 5.74) is 3.89. The number of halogens is 1. The molecule has 0 bridgehead atoms. The molecule has 1 aliphatic carbocycles. The molecule has 4 aliphatic rings. The van der Waals surface area contributed by atoms with Gasteiger partial charge in [0.2, 0.25) is 11.8 Å². The summed E-state index contributed by atoms with van der Waals surface area (Å²) in [7, 11) is 3.25. The van der Waals surface area contributed by atoms with Gasteiger partial charge in [0.15, 0.2) is 0 Å². The highest BCUT2D eigenvalue weighted by atomic mass is 19.1. The summed E-state index contributed by atoms with van der Waals surface area (Å²) in [5.74, 6) is -2.26. The number of aromatic nitrogens is 5. The van der Waals surface area contributed by atoms with Gasteiger partial charge in [0.1, 0.15) is 17.6 Å². The van der Waals surface area contributed by atoms with Crippen molar-refractivity contribution in [2.24, 2.45) is 0 Å². The second-order valence-corrected chi connectivity index (χ2v) is 17.7. The van der Waals surface area contributed by atoms with E-state index in [0.717, 1.165) is 87.2 Å². The molecule has 1 unspecified atom stereocenters. The Kier molecular flexibility index (Phi) is 14.7. The van der Waals surface area contributed by atoms with E-state index in [0.29, 0.717) is 46.5 Å². The van der Waals surface area contributed by atoms with E-state index in [4.69, 9.17) is 10.4 Å². The van der Waals surface area contributed by atoms with Crippen molar-refractivity contribution in [3.05, 3.63) is 82.8 Å². The van der Waals surface area contributed by atoms with Crippen LogP contribution in [-0.4, -0.2) is 112 Å². The Labute approximate surface area is 373 Å². The molecule has 7 heterocycles. The van der Waals surface area contributed by atoms with Crippen LogP contribution in [0.4, 0.5) is 15.8 Å². The standard InChI is InChI=1S/C25H26N6O2.C20H28FN5O2.C2H6O/c1-25(2,33)20-12-21-17(15-30(29-21)18-6-4-3-5-7-18)11-22(20)28-24(32)23-9-8-19-10-16(13-26)14-27-31(19)23;1-13-17(26-8-4-14(5-9-26)25-10-6-22-7-11-25)12-16(21)19(23-13)15-2-3-18(27)24-20(15)28;1-3-2/h8-12,14-15,18,33H,3-7H2,1-2H3,(H,28,32);12,14-15,22H,2-11H2,1H3,(H,24,27,28);1-2H3. The number of hydrogen-bond acceptors (Lipinski definition) is 12. The first-order chi connectivity index (χ1) is 30.8. The number of methoxy groups -OCH3 is 1. The average molecular weight is 878 g/mol. The van der Waals surface area contributed by atoms with Gasteiger partial charge in [0.05, 0.1) is 57.4 Å². The van der Waals surface area contributed by atoms with Crippen LogP contribution in [0.1, 0.15) is 117 Å². The Hall–Kier alpha value is -5.80. The van der Waals surface area contributed by atoms with Crippen LogP contribution >= 0.6 is 0 Å². The Bertz CT molecular complexity index is 2500. The molecular weight excluding hydrogens is 818 g/mol. The Morgan fingerprint density at radius 1 is 0.984 bits per heavy atom. The van der Waals surface area contributed by atoms with E-state index >= 15 is 0 Å². The molecule has 1 atom stereocenters.